The van der Waals surface area contributed by atoms with Crippen LogP contribution in [-0.2, 0) is 11.2 Å². The summed E-state index contributed by atoms with van der Waals surface area (Å²) < 4.78 is 20.0. The highest BCUT2D eigenvalue weighted by molar-refractivity contribution is 8.00. The molecule has 0 radical (unpaired) electrons. The fourth-order valence-corrected chi connectivity index (χ4v) is 3.82. The molecule has 4 rings (SSSR count). The lowest BCUT2D eigenvalue weighted by Gasteiger charge is -2.07. The lowest BCUT2D eigenvalue weighted by molar-refractivity contribution is -0.118. The van der Waals surface area contributed by atoms with Crippen molar-refractivity contribution in [1.29, 1.82) is 0 Å². The van der Waals surface area contributed by atoms with Crippen molar-refractivity contribution in [1.82, 2.24) is 25.1 Å². The van der Waals surface area contributed by atoms with Crippen LogP contribution >= 0.6 is 11.8 Å². The number of nitrogens with one attached hydrogen (secondary N) is 1. The van der Waals surface area contributed by atoms with Gasteiger partial charge in [-0.15, -0.1) is 0 Å². The predicted molar refractivity (Wildman–Crippen MR) is 117 cm³/mol. The van der Waals surface area contributed by atoms with Crippen molar-refractivity contribution in [3.8, 4) is 11.4 Å². The van der Waals surface area contributed by atoms with Gasteiger partial charge in [0.1, 0.15) is 22.9 Å². The zero-order chi connectivity index (χ0) is 21.6. The molecule has 31 heavy (non-hydrogen) atoms. The molecule has 0 atom stereocenters. The molecular formula is C22H20FN5O2S. The zero-order valence-electron chi connectivity index (χ0n) is 16.8. The lowest BCUT2D eigenvalue weighted by Crippen LogP contribution is -2.27. The molecule has 2 heterocycles. The highest BCUT2D eigenvalue weighted by atomic mass is 32.2. The van der Waals surface area contributed by atoms with Gasteiger partial charge in [0.2, 0.25) is 5.91 Å². The van der Waals surface area contributed by atoms with E-state index >= 15 is 0 Å². The smallest absolute Gasteiger partial charge is 0.230 e. The Morgan fingerprint density at radius 3 is 2.65 bits per heavy atom. The standard InChI is InChI=1S/C22H20FN5O2S/c1-30-18-8-2-15(3-9-18)10-11-24-20(29)13-31-22-19-12-27-28(21(19)25-14-26-22)17-6-4-16(23)5-7-17/h2-9,12,14H,10-11,13H2,1H3,(H,24,29). The summed E-state index contributed by atoms with van der Waals surface area (Å²) in [7, 11) is 1.63. The predicted octanol–water partition coefficient (Wildman–Crippen LogP) is 3.41. The van der Waals surface area contributed by atoms with Crippen LogP contribution in [0.4, 0.5) is 4.39 Å². The minimum atomic E-state index is -0.316. The van der Waals surface area contributed by atoms with Crippen molar-refractivity contribution >= 4 is 28.7 Å². The Labute approximate surface area is 182 Å². The first-order valence-corrected chi connectivity index (χ1v) is 10.6. The molecule has 0 saturated carbocycles. The van der Waals surface area contributed by atoms with Crippen LogP contribution in [0.2, 0.25) is 0 Å². The highest BCUT2D eigenvalue weighted by Crippen LogP contribution is 2.25. The SMILES string of the molecule is COc1ccc(CCNC(=O)CSc2ncnc3c2cnn3-c2ccc(F)cc2)cc1. The fraction of sp³-hybridized carbons (Fsp3) is 0.182. The molecule has 9 heteroatoms. The molecule has 0 aliphatic carbocycles. The average molecular weight is 438 g/mol. The number of halogens is 1. The Morgan fingerprint density at radius 1 is 1.13 bits per heavy atom. The van der Waals surface area contributed by atoms with Crippen molar-refractivity contribution in [2.45, 2.75) is 11.4 Å². The van der Waals surface area contributed by atoms with Crippen molar-refractivity contribution in [2.24, 2.45) is 0 Å². The summed E-state index contributed by atoms with van der Waals surface area (Å²) in [5.41, 5.74) is 2.42. The Hall–Kier alpha value is -3.46. The van der Waals surface area contributed by atoms with E-state index in [9.17, 15) is 9.18 Å². The number of carbonyl (C=O) groups excluding carboxylic acids is 1. The Balaban J connectivity index is 1.35. The summed E-state index contributed by atoms with van der Waals surface area (Å²) in [4.78, 5) is 20.8. The molecule has 0 spiro atoms. The van der Waals surface area contributed by atoms with Crippen LogP contribution in [-0.4, -0.2) is 45.1 Å². The van der Waals surface area contributed by atoms with Crippen LogP contribution in [0, 0.1) is 5.82 Å². The molecular weight excluding hydrogens is 417 g/mol. The van der Waals surface area contributed by atoms with E-state index in [0.29, 0.717) is 22.9 Å². The van der Waals surface area contributed by atoms with Gasteiger partial charge in [0.25, 0.3) is 0 Å². The fourth-order valence-electron chi connectivity index (χ4n) is 3.03. The third kappa shape index (κ3) is 5.00. The molecule has 0 aliphatic heterocycles. The molecule has 1 amide bonds. The maximum atomic E-state index is 13.2. The highest BCUT2D eigenvalue weighted by Gasteiger charge is 2.13. The molecule has 0 bridgehead atoms. The van der Waals surface area contributed by atoms with E-state index in [0.717, 1.165) is 23.1 Å². The number of rotatable bonds is 8. The maximum absolute atomic E-state index is 13.2. The van der Waals surface area contributed by atoms with E-state index < -0.39 is 0 Å². The van der Waals surface area contributed by atoms with Gasteiger partial charge in [0.05, 0.1) is 30.1 Å². The summed E-state index contributed by atoms with van der Waals surface area (Å²) in [6, 6.07) is 13.8. The Bertz CT molecular complexity index is 1180. The van der Waals surface area contributed by atoms with E-state index in [1.165, 1.54) is 30.2 Å². The molecule has 0 fully saturated rings. The second-order valence-corrected chi connectivity index (χ2v) is 7.65. The second kappa shape index (κ2) is 9.57. The summed E-state index contributed by atoms with van der Waals surface area (Å²) >= 11 is 1.33. The number of benzene rings is 2. The van der Waals surface area contributed by atoms with Gasteiger partial charge in [-0.2, -0.15) is 5.10 Å². The molecule has 0 saturated heterocycles. The molecule has 0 aliphatic rings. The van der Waals surface area contributed by atoms with Gasteiger partial charge in [0.15, 0.2) is 5.65 Å². The van der Waals surface area contributed by atoms with Gasteiger partial charge >= 0.3 is 0 Å². The van der Waals surface area contributed by atoms with Gasteiger partial charge in [-0.05, 0) is 48.4 Å². The van der Waals surface area contributed by atoms with Crippen LogP contribution < -0.4 is 10.1 Å². The van der Waals surface area contributed by atoms with E-state index in [-0.39, 0.29) is 17.5 Å². The number of ether oxygens (including phenoxy) is 1. The number of thioether (sulfide) groups is 1. The zero-order valence-corrected chi connectivity index (χ0v) is 17.6. The van der Waals surface area contributed by atoms with Gasteiger partial charge < -0.3 is 10.1 Å². The number of amides is 1. The number of fused-ring (bicyclic) bond motifs is 1. The van der Waals surface area contributed by atoms with E-state index in [1.807, 2.05) is 24.3 Å². The van der Waals surface area contributed by atoms with Gasteiger partial charge in [-0.25, -0.2) is 19.0 Å². The lowest BCUT2D eigenvalue weighted by atomic mass is 10.1. The Kier molecular flexibility index (Phi) is 6.42. The second-order valence-electron chi connectivity index (χ2n) is 6.69. The molecule has 1 N–H and O–H groups in total. The van der Waals surface area contributed by atoms with E-state index in [1.54, 1.807) is 30.1 Å². The third-order valence-electron chi connectivity index (χ3n) is 4.64. The van der Waals surface area contributed by atoms with Crippen LogP contribution in [0.5, 0.6) is 5.75 Å². The van der Waals surface area contributed by atoms with E-state index in [4.69, 9.17) is 4.74 Å². The third-order valence-corrected chi connectivity index (χ3v) is 5.64. The van der Waals surface area contributed by atoms with Crippen LogP contribution in [0.1, 0.15) is 5.56 Å². The van der Waals surface area contributed by atoms with Crippen molar-refractivity contribution in [3.63, 3.8) is 0 Å². The monoisotopic (exact) mass is 437 g/mol. The van der Waals surface area contributed by atoms with Crippen LogP contribution in [0.3, 0.4) is 0 Å². The van der Waals surface area contributed by atoms with Gasteiger partial charge in [-0.3, -0.25) is 4.79 Å². The number of hydrogen-bond acceptors (Lipinski definition) is 6. The molecule has 2 aromatic heterocycles. The van der Waals surface area contributed by atoms with Gasteiger partial charge in [0, 0.05) is 6.54 Å². The van der Waals surface area contributed by atoms with Gasteiger partial charge in [-0.1, -0.05) is 23.9 Å². The van der Waals surface area contributed by atoms with Crippen molar-refractivity contribution < 1.29 is 13.9 Å². The quantitative estimate of drug-likeness (QED) is 0.336. The summed E-state index contributed by atoms with van der Waals surface area (Å²) in [5, 5.41) is 8.68. The summed E-state index contributed by atoms with van der Waals surface area (Å²) in [6.45, 7) is 0.549. The first kappa shape index (κ1) is 20.8. The normalized spacial score (nSPS) is 10.9. The number of carbonyl (C=O) groups is 1. The molecule has 0 unspecified atom stereocenters. The molecule has 158 valence electrons. The minimum absolute atomic E-state index is 0.0730. The molecule has 4 aromatic rings. The number of hydrogen-bond donors (Lipinski definition) is 1. The average Bonchev–Trinajstić information content (AvgIpc) is 3.23. The molecule has 2 aromatic carbocycles. The van der Waals surface area contributed by atoms with Crippen LogP contribution in [0.25, 0.3) is 16.7 Å². The first-order valence-electron chi connectivity index (χ1n) is 9.61. The summed E-state index contributed by atoms with van der Waals surface area (Å²) in [5.74, 6) is 0.652. The Morgan fingerprint density at radius 2 is 1.90 bits per heavy atom. The largest absolute Gasteiger partial charge is 0.497 e. The number of nitrogens with zero attached hydrogens (tertiary/aromatic N) is 4. The minimum Gasteiger partial charge on any atom is -0.497 e. The first-order chi connectivity index (χ1) is 15.1. The number of methoxy groups -OCH3 is 1. The van der Waals surface area contributed by atoms with Crippen molar-refractivity contribution in [3.05, 3.63) is 72.4 Å². The summed E-state index contributed by atoms with van der Waals surface area (Å²) in [6.07, 6.45) is 3.83. The topological polar surface area (TPSA) is 81.9 Å². The number of aromatic nitrogens is 4. The van der Waals surface area contributed by atoms with Crippen LogP contribution in [0.15, 0.2) is 66.1 Å². The van der Waals surface area contributed by atoms with E-state index in [2.05, 4.69) is 20.4 Å². The van der Waals surface area contributed by atoms with Crippen molar-refractivity contribution in [2.75, 3.05) is 19.4 Å². The maximum Gasteiger partial charge on any atom is 0.230 e. The molecule has 7 nitrogen and oxygen atoms in total.